The van der Waals surface area contributed by atoms with E-state index in [-0.39, 0.29) is 11.7 Å². The second kappa shape index (κ2) is 12.2. The lowest BCUT2D eigenvalue weighted by molar-refractivity contribution is 0.0741. The number of hydrogen-bond acceptors (Lipinski definition) is 7. The molecule has 0 fully saturated rings. The number of nitrogens with zero attached hydrogens (tertiary/aromatic N) is 6. The van der Waals surface area contributed by atoms with Crippen molar-refractivity contribution in [3.05, 3.63) is 77.9 Å². The number of carbonyl (C=O) groups is 1. The van der Waals surface area contributed by atoms with Crippen LogP contribution in [0.3, 0.4) is 0 Å². The monoisotopic (exact) mass is 502 g/mol. The lowest BCUT2D eigenvalue weighted by atomic mass is 10.1. The predicted molar refractivity (Wildman–Crippen MR) is 143 cm³/mol. The third-order valence-electron chi connectivity index (χ3n) is 6.07. The van der Waals surface area contributed by atoms with Crippen molar-refractivity contribution in [3.8, 4) is 11.5 Å². The minimum Gasteiger partial charge on any atom is -0.497 e. The van der Waals surface area contributed by atoms with Crippen LogP contribution in [0.15, 0.2) is 60.9 Å². The van der Waals surface area contributed by atoms with Gasteiger partial charge in [-0.1, -0.05) is 38.1 Å². The molecule has 2 aromatic heterocycles. The van der Waals surface area contributed by atoms with Gasteiger partial charge in [0.05, 0.1) is 14.2 Å². The van der Waals surface area contributed by atoms with E-state index in [1.54, 1.807) is 31.1 Å². The summed E-state index contributed by atoms with van der Waals surface area (Å²) in [5, 5.41) is 4.52. The minimum absolute atomic E-state index is 0.164. The summed E-state index contributed by atoms with van der Waals surface area (Å²) in [6.45, 7) is 6.55. The van der Waals surface area contributed by atoms with Crippen molar-refractivity contribution >= 4 is 17.4 Å². The Kier molecular flexibility index (Phi) is 8.56. The summed E-state index contributed by atoms with van der Waals surface area (Å²) in [5.74, 6) is 2.18. The molecule has 0 unspecified atom stereocenters. The molecule has 0 bridgehead atoms. The van der Waals surface area contributed by atoms with E-state index in [4.69, 9.17) is 14.5 Å². The fourth-order valence-corrected chi connectivity index (χ4v) is 4.22. The van der Waals surface area contributed by atoms with Crippen LogP contribution >= 0.6 is 0 Å². The van der Waals surface area contributed by atoms with Crippen molar-refractivity contribution in [2.45, 2.75) is 39.8 Å². The van der Waals surface area contributed by atoms with Crippen LogP contribution in [-0.2, 0) is 13.1 Å². The van der Waals surface area contributed by atoms with Crippen molar-refractivity contribution in [2.24, 2.45) is 0 Å². The zero-order valence-corrected chi connectivity index (χ0v) is 21.9. The van der Waals surface area contributed by atoms with Gasteiger partial charge in [0.2, 0.25) is 5.82 Å². The first-order valence-electron chi connectivity index (χ1n) is 12.6. The molecule has 0 spiro atoms. The van der Waals surface area contributed by atoms with Crippen LogP contribution in [0, 0.1) is 0 Å². The van der Waals surface area contributed by atoms with Gasteiger partial charge in [0, 0.05) is 38.6 Å². The Morgan fingerprint density at radius 2 is 1.41 bits per heavy atom. The van der Waals surface area contributed by atoms with Crippen molar-refractivity contribution < 1.29 is 14.3 Å². The molecule has 4 rings (SSSR count). The second-order valence-electron chi connectivity index (χ2n) is 8.80. The van der Waals surface area contributed by atoms with Gasteiger partial charge in [-0.3, -0.25) is 4.79 Å². The molecule has 0 saturated carbocycles. The number of carbonyl (C=O) groups excluding carboxylic acids is 1. The molecule has 2 heterocycles. The average Bonchev–Trinajstić information content (AvgIpc) is 3.41. The van der Waals surface area contributed by atoms with Gasteiger partial charge >= 0.3 is 0 Å². The number of fused-ring (bicyclic) bond motifs is 1. The van der Waals surface area contributed by atoms with E-state index in [0.717, 1.165) is 35.5 Å². The smallest absolute Gasteiger partial charge is 0.293 e. The number of hydrogen-bond donors (Lipinski definition) is 0. The van der Waals surface area contributed by atoms with Crippen LogP contribution in [0.5, 0.6) is 11.5 Å². The van der Waals surface area contributed by atoms with Gasteiger partial charge in [0.1, 0.15) is 11.5 Å². The van der Waals surface area contributed by atoms with Crippen molar-refractivity contribution in [1.29, 1.82) is 0 Å². The van der Waals surface area contributed by atoms with Gasteiger partial charge in [-0.25, -0.2) is 14.5 Å². The molecule has 37 heavy (non-hydrogen) atoms. The highest BCUT2D eigenvalue weighted by Crippen LogP contribution is 2.24. The van der Waals surface area contributed by atoms with Gasteiger partial charge in [-0.2, -0.15) is 0 Å². The van der Waals surface area contributed by atoms with E-state index in [0.29, 0.717) is 37.6 Å². The molecular weight excluding hydrogens is 468 g/mol. The third-order valence-corrected chi connectivity index (χ3v) is 6.07. The predicted octanol–water partition coefficient (Wildman–Crippen LogP) is 4.61. The zero-order valence-electron chi connectivity index (χ0n) is 21.9. The second-order valence-corrected chi connectivity index (χ2v) is 8.80. The highest BCUT2D eigenvalue weighted by molar-refractivity contribution is 5.91. The van der Waals surface area contributed by atoms with Crippen LogP contribution in [-0.4, -0.2) is 57.7 Å². The van der Waals surface area contributed by atoms with Gasteiger partial charge in [0.25, 0.3) is 5.91 Å². The molecule has 194 valence electrons. The van der Waals surface area contributed by atoms with Gasteiger partial charge < -0.3 is 19.3 Å². The Morgan fingerprint density at radius 1 is 0.865 bits per heavy atom. The summed E-state index contributed by atoms with van der Waals surface area (Å²) in [4.78, 5) is 26.7. The molecular formula is C28H34N6O3. The number of amides is 1. The molecule has 9 heteroatoms. The maximum Gasteiger partial charge on any atom is 0.293 e. The SMILES string of the molecule is CCCN(CCC)C(=O)c1nc(N(Cc2ccc(OC)cc2)Cc2ccc(OC)cc2)c2nccn2n1. The number of methoxy groups -OCH3 is 2. The molecule has 2 aromatic carbocycles. The van der Waals surface area contributed by atoms with Crippen LogP contribution in [0.2, 0.25) is 0 Å². The number of benzene rings is 2. The average molecular weight is 503 g/mol. The molecule has 1 amide bonds. The molecule has 0 atom stereocenters. The number of anilines is 1. The highest BCUT2D eigenvalue weighted by Gasteiger charge is 2.23. The number of aromatic nitrogens is 4. The van der Waals surface area contributed by atoms with Crippen LogP contribution in [0.25, 0.3) is 5.65 Å². The quantitative estimate of drug-likeness (QED) is 0.280. The topological polar surface area (TPSA) is 85.1 Å². The Morgan fingerprint density at radius 3 is 1.89 bits per heavy atom. The Bertz CT molecular complexity index is 1250. The first-order valence-corrected chi connectivity index (χ1v) is 12.6. The molecule has 0 radical (unpaired) electrons. The van der Waals surface area contributed by atoms with Gasteiger partial charge in [-0.05, 0) is 48.2 Å². The van der Waals surface area contributed by atoms with Gasteiger partial charge in [0.15, 0.2) is 11.5 Å². The summed E-state index contributed by atoms with van der Waals surface area (Å²) in [7, 11) is 3.31. The van der Waals surface area contributed by atoms with Gasteiger partial charge in [-0.15, -0.1) is 5.10 Å². The zero-order chi connectivity index (χ0) is 26.2. The third kappa shape index (κ3) is 6.17. The largest absolute Gasteiger partial charge is 0.497 e. The standard InChI is InChI=1S/C28H34N6O3/c1-5-16-32(17-6-2)28(35)25-30-27(26-29-15-18-34(26)31-25)33(19-21-7-11-23(36-3)12-8-21)20-22-9-13-24(37-4)14-10-22/h7-15,18H,5-6,16-17,19-20H2,1-4H3. The number of imidazole rings is 1. The van der Waals surface area contributed by atoms with E-state index in [1.807, 2.05) is 53.4 Å². The number of ether oxygens (including phenoxy) is 2. The Hall–Kier alpha value is -4.14. The van der Waals surface area contributed by atoms with E-state index < -0.39 is 0 Å². The lowest BCUT2D eigenvalue weighted by Crippen LogP contribution is -2.35. The first kappa shape index (κ1) is 25.9. The van der Waals surface area contributed by atoms with Crippen molar-refractivity contribution in [1.82, 2.24) is 24.5 Å². The molecule has 0 aliphatic carbocycles. The van der Waals surface area contributed by atoms with E-state index in [9.17, 15) is 4.79 Å². The molecule has 0 aliphatic rings. The fraction of sp³-hybridized carbons (Fsp3) is 0.357. The van der Waals surface area contributed by atoms with Crippen molar-refractivity contribution in [3.63, 3.8) is 0 Å². The Labute approximate surface area is 217 Å². The van der Waals surface area contributed by atoms with Crippen LogP contribution in [0.1, 0.15) is 48.4 Å². The first-order chi connectivity index (χ1) is 18.1. The Balaban J connectivity index is 1.76. The van der Waals surface area contributed by atoms with Crippen LogP contribution < -0.4 is 14.4 Å². The summed E-state index contributed by atoms with van der Waals surface area (Å²) in [6, 6.07) is 15.9. The highest BCUT2D eigenvalue weighted by atomic mass is 16.5. The molecule has 9 nitrogen and oxygen atoms in total. The number of rotatable bonds is 12. The van der Waals surface area contributed by atoms with E-state index in [2.05, 4.69) is 28.8 Å². The summed E-state index contributed by atoms with van der Waals surface area (Å²) < 4.78 is 12.3. The normalized spacial score (nSPS) is 10.9. The summed E-state index contributed by atoms with van der Waals surface area (Å²) in [6.07, 6.45) is 5.16. The molecule has 0 N–H and O–H groups in total. The summed E-state index contributed by atoms with van der Waals surface area (Å²) >= 11 is 0. The molecule has 0 aliphatic heterocycles. The van der Waals surface area contributed by atoms with E-state index in [1.165, 1.54) is 0 Å². The van der Waals surface area contributed by atoms with E-state index >= 15 is 0 Å². The maximum absolute atomic E-state index is 13.4. The maximum atomic E-state index is 13.4. The minimum atomic E-state index is -0.172. The fourth-order valence-electron chi connectivity index (χ4n) is 4.22. The summed E-state index contributed by atoms with van der Waals surface area (Å²) in [5.41, 5.74) is 2.74. The molecule has 0 saturated heterocycles. The van der Waals surface area contributed by atoms with Crippen LogP contribution in [0.4, 0.5) is 5.82 Å². The molecule has 4 aromatic rings. The lowest BCUT2D eigenvalue weighted by Gasteiger charge is -2.26. The van der Waals surface area contributed by atoms with Crippen molar-refractivity contribution in [2.75, 3.05) is 32.2 Å².